The fraction of sp³-hybridized carbons (Fsp3) is 0.429. The minimum Gasteiger partial charge on any atom is -0.497 e. The second-order valence-corrected chi connectivity index (χ2v) is 7.96. The van der Waals surface area contributed by atoms with Crippen LogP contribution in [0.5, 0.6) is 23.0 Å². The Labute approximate surface area is 157 Å². The van der Waals surface area contributed by atoms with Gasteiger partial charge in [0.15, 0.2) is 11.7 Å². The summed E-state index contributed by atoms with van der Waals surface area (Å²) in [6.07, 6.45) is -0.837. The molecule has 3 heterocycles. The Bertz CT molecular complexity index is 937. The first-order chi connectivity index (χ1) is 12.8. The maximum Gasteiger partial charge on any atom is 0.168 e. The average Bonchev–Trinajstić information content (AvgIpc) is 2.95. The number of benzene rings is 2. The molecule has 0 aliphatic carbocycles. The van der Waals surface area contributed by atoms with Crippen LogP contribution in [-0.4, -0.2) is 35.6 Å². The molecule has 3 aliphatic rings. The number of aliphatic hydroxyl groups excluding tert-OH is 1. The zero-order valence-corrected chi connectivity index (χ0v) is 15.5. The number of fused-ring (bicyclic) bond motifs is 7. The lowest BCUT2D eigenvalue weighted by atomic mass is 9.83. The highest BCUT2D eigenvalue weighted by Gasteiger charge is 2.54. The summed E-state index contributed by atoms with van der Waals surface area (Å²) in [5.74, 6) is 2.60. The summed E-state index contributed by atoms with van der Waals surface area (Å²) in [7, 11) is 1.60. The number of aliphatic hydroxyl groups is 2. The zero-order valence-electron chi connectivity index (χ0n) is 15.5. The molecular formula is C21H22O6. The predicted molar refractivity (Wildman–Crippen MR) is 96.6 cm³/mol. The second kappa shape index (κ2) is 5.30. The van der Waals surface area contributed by atoms with Crippen LogP contribution < -0.4 is 18.9 Å². The molecule has 0 saturated heterocycles. The Balaban J connectivity index is 1.61. The van der Waals surface area contributed by atoms with Crippen LogP contribution >= 0.6 is 0 Å². The molecule has 5 rings (SSSR count). The van der Waals surface area contributed by atoms with E-state index in [1.54, 1.807) is 13.2 Å². The number of methoxy groups -OCH3 is 1. The van der Waals surface area contributed by atoms with Crippen molar-refractivity contribution in [3.63, 3.8) is 0 Å². The van der Waals surface area contributed by atoms with Crippen LogP contribution in [-0.2, 0) is 12.0 Å². The van der Waals surface area contributed by atoms with Gasteiger partial charge in [0.1, 0.15) is 35.2 Å². The fourth-order valence-corrected chi connectivity index (χ4v) is 4.17. The molecule has 0 radical (unpaired) electrons. The average molecular weight is 370 g/mol. The van der Waals surface area contributed by atoms with Crippen molar-refractivity contribution in [3.05, 3.63) is 47.0 Å². The van der Waals surface area contributed by atoms with Crippen LogP contribution in [0.1, 0.15) is 36.6 Å². The predicted octanol–water partition coefficient (Wildman–Crippen LogP) is 2.48. The van der Waals surface area contributed by atoms with Gasteiger partial charge >= 0.3 is 0 Å². The van der Waals surface area contributed by atoms with E-state index in [1.165, 1.54) is 0 Å². The van der Waals surface area contributed by atoms with E-state index in [-0.39, 0.29) is 6.61 Å². The Morgan fingerprint density at radius 3 is 2.74 bits per heavy atom. The first-order valence-electron chi connectivity index (χ1n) is 9.07. The van der Waals surface area contributed by atoms with Crippen LogP contribution in [0.25, 0.3) is 0 Å². The summed E-state index contributed by atoms with van der Waals surface area (Å²) in [5.41, 5.74) is 0.271. The van der Waals surface area contributed by atoms with E-state index in [1.807, 2.05) is 38.1 Å². The minimum atomic E-state index is -1.29. The smallest absolute Gasteiger partial charge is 0.168 e. The highest BCUT2D eigenvalue weighted by atomic mass is 16.6. The molecule has 2 aromatic carbocycles. The van der Waals surface area contributed by atoms with E-state index < -0.39 is 23.4 Å². The van der Waals surface area contributed by atoms with Crippen molar-refractivity contribution >= 4 is 0 Å². The van der Waals surface area contributed by atoms with E-state index in [4.69, 9.17) is 18.9 Å². The van der Waals surface area contributed by atoms with Crippen molar-refractivity contribution in [2.45, 2.75) is 43.7 Å². The fourth-order valence-electron chi connectivity index (χ4n) is 4.17. The van der Waals surface area contributed by atoms with E-state index in [2.05, 4.69) is 0 Å². The molecule has 0 aromatic heterocycles. The van der Waals surface area contributed by atoms with Gasteiger partial charge in [-0.2, -0.15) is 0 Å². The lowest BCUT2D eigenvalue weighted by Gasteiger charge is -2.37. The summed E-state index contributed by atoms with van der Waals surface area (Å²) in [6.45, 7) is 3.80. The molecule has 27 heavy (non-hydrogen) atoms. The van der Waals surface area contributed by atoms with Crippen molar-refractivity contribution < 1.29 is 29.2 Å². The molecule has 3 aliphatic heterocycles. The Morgan fingerprint density at radius 2 is 1.96 bits per heavy atom. The van der Waals surface area contributed by atoms with Crippen molar-refractivity contribution in [2.24, 2.45) is 0 Å². The molecule has 2 N–H and O–H groups in total. The first kappa shape index (κ1) is 16.7. The number of ether oxygens (including phenoxy) is 4. The topological polar surface area (TPSA) is 77.4 Å². The molecule has 6 nitrogen and oxygen atoms in total. The lowest BCUT2D eigenvalue weighted by molar-refractivity contribution is -0.0867. The monoisotopic (exact) mass is 370 g/mol. The molecule has 6 heteroatoms. The van der Waals surface area contributed by atoms with Gasteiger partial charge in [-0.25, -0.2) is 0 Å². The Morgan fingerprint density at radius 1 is 1.15 bits per heavy atom. The SMILES string of the molecule is COc1ccc2c(c1)OC[C@@]1(O)c3ccc4c(c3O[C@@H]21)C[C@H](O)C(C)(C)O4. The minimum absolute atomic E-state index is 0.0819. The molecule has 0 spiro atoms. The molecule has 2 aromatic rings. The highest BCUT2D eigenvalue weighted by Crippen LogP contribution is 2.57. The molecular weight excluding hydrogens is 348 g/mol. The number of rotatable bonds is 1. The Hall–Kier alpha value is -2.44. The molecule has 0 amide bonds. The van der Waals surface area contributed by atoms with Crippen LogP contribution in [0.2, 0.25) is 0 Å². The summed E-state index contributed by atoms with van der Waals surface area (Å²) in [4.78, 5) is 0. The quantitative estimate of drug-likeness (QED) is 0.803. The van der Waals surface area contributed by atoms with E-state index in [0.717, 1.165) is 11.1 Å². The van der Waals surface area contributed by atoms with Gasteiger partial charge in [-0.1, -0.05) is 0 Å². The summed E-state index contributed by atoms with van der Waals surface area (Å²) in [5, 5.41) is 21.9. The third-order valence-electron chi connectivity index (χ3n) is 5.88. The van der Waals surface area contributed by atoms with E-state index >= 15 is 0 Å². The molecule has 0 saturated carbocycles. The lowest BCUT2D eigenvalue weighted by Crippen LogP contribution is -2.46. The van der Waals surface area contributed by atoms with Gasteiger partial charge in [0.2, 0.25) is 0 Å². The highest BCUT2D eigenvalue weighted by molar-refractivity contribution is 5.59. The van der Waals surface area contributed by atoms with Gasteiger partial charge in [0.05, 0.1) is 13.2 Å². The van der Waals surface area contributed by atoms with Crippen molar-refractivity contribution in [1.29, 1.82) is 0 Å². The molecule has 0 unspecified atom stereocenters. The van der Waals surface area contributed by atoms with Gasteiger partial charge in [0.25, 0.3) is 0 Å². The maximum absolute atomic E-state index is 11.4. The molecule has 3 atom stereocenters. The van der Waals surface area contributed by atoms with Crippen molar-refractivity contribution in [3.8, 4) is 23.0 Å². The Kier molecular flexibility index (Phi) is 3.28. The maximum atomic E-state index is 11.4. The van der Waals surface area contributed by atoms with Crippen LogP contribution in [0.4, 0.5) is 0 Å². The summed E-state index contributed by atoms with van der Waals surface area (Å²) in [6, 6.07) is 9.15. The van der Waals surface area contributed by atoms with Gasteiger partial charge in [-0.15, -0.1) is 0 Å². The number of hydrogen-bond donors (Lipinski definition) is 2. The number of hydrogen-bond acceptors (Lipinski definition) is 6. The van der Waals surface area contributed by atoms with Crippen molar-refractivity contribution in [1.82, 2.24) is 0 Å². The van der Waals surface area contributed by atoms with Crippen molar-refractivity contribution in [2.75, 3.05) is 13.7 Å². The third kappa shape index (κ3) is 2.20. The third-order valence-corrected chi connectivity index (χ3v) is 5.88. The van der Waals surface area contributed by atoms with E-state index in [9.17, 15) is 10.2 Å². The van der Waals surface area contributed by atoms with Gasteiger partial charge in [-0.05, 0) is 38.1 Å². The molecule has 0 fully saturated rings. The standard InChI is InChI=1S/C21H22O6/c1-20(2)17(22)9-13-15(27-20)7-6-14-18(13)26-19-12-5-4-11(24-3)8-16(12)25-10-21(14,19)23/h4-8,17,19,22-23H,9-10H2,1-3H3/t17-,19-,21+/m0/s1. The summed E-state index contributed by atoms with van der Waals surface area (Å²) < 4.78 is 23.4. The van der Waals surface area contributed by atoms with Gasteiger partial charge in [-0.3, -0.25) is 0 Å². The second-order valence-electron chi connectivity index (χ2n) is 7.96. The van der Waals surface area contributed by atoms with Crippen LogP contribution in [0.3, 0.4) is 0 Å². The molecule has 142 valence electrons. The van der Waals surface area contributed by atoms with Gasteiger partial charge < -0.3 is 29.2 Å². The molecule has 0 bridgehead atoms. The first-order valence-corrected chi connectivity index (χ1v) is 9.07. The van der Waals surface area contributed by atoms with Gasteiger partial charge in [0, 0.05) is 29.2 Å². The van der Waals surface area contributed by atoms with Crippen LogP contribution in [0, 0.1) is 0 Å². The zero-order chi connectivity index (χ0) is 19.0. The summed E-state index contributed by atoms with van der Waals surface area (Å²) >= 11 is 0. The van der Waals surface area contributed by atoms with Crippen LogP contribution in [0.15, 0.2) is 30.3 Å². The van der Waals surface area contributed by atoms with E-state index in [0.29, 0.717) is 35.0 Å². The normalized spacial score (nSPS) is 29.2. The largest absolute Gasteiger partial charge is 0.497 e.